The molecular weight excluding hydrogens is 315 g/mol. The Morgan fingerprint density at radius 1 is 1.30 bits per heavy atom. The monoisotopic (exact) mass is 328 g/mol. The van der Waals surface area contributed by atoms with Crippen molar-refractivity contribution in [1.29, 1.82) is 0 Å². The van der Waals surface area contributed by atoms with Gasteiger partial charge in [-0.3, -0.25) is 4.79 Å². The van der Waals surface area contributed by atoms with Gasteiger partial charge in [-0.1, -0.05) is 0 Å². The SMILES string of the molecule is O=C(Nc1scnc1-c1ccc(F)cc1)[C@H]1C[C@H]1c1ccco1. The molecule has 1 saturated carbocycles. The average molecular weight is 328 g/mol. The van der Waals surface area contributed by atoms with Gasteiger partial charge in [0.1, 0.15) is 22.3 Å². The third-order valence-corrected chi connectivity index (χ3v) is 4.70. The lowest BCUT2D eigenvalue weighted by molar-refractivity contribution is -0.117. The van der Waals surface area contributed by atoms with E-state index in [0.29, 0.717) is 10.7 Å². The third-order valence-electron chi connectivity index (χ3n) is 3.96. The van der Waals surface area contributed by atoms with Crippen LogP contribution in [0.1, 0.15) is 18.1 Å². The smallest absolute Gasteiger partial charge is 0.228 e. The van der Waals surface area contributed by atoms with Gasteiger partial charge in [0.15, 0.2) is 0 Å². The molecule has 4 rings (SSSR count). The van der Waals surface area contributed by atoms with Crippen LogP contribution in [-0.4, -0.2) is 10.9 Å². The molecule has 0 unspecified atom stereocenters. The van der Waals surface area contributed by atoms with Crippen LogP contribution in [0.3, 0.4) is 0 Å². The minimum Gasteiger partial charge on any atom is -0.469 e. The molecule has 0 bridgehead atoms. The lowest BCUT2D eigenvalue weighted by Crippen LogP contribution is -2.14. The van der Waals surface area contributed by atoms with Gasteiger partial charge in [-0.25, -0.2) is 9.37 Å². The van der Waals surface area contributed by atoms with Gasteiger partial charge < -0.3 is 9.73 Å². The first-order valence-electron chi connectivity index (χ1n) is 7.26. The van der Waals surface area contributed by atoms with E-state index in [1.54, 1.807) is 23.9 Å². The molecule has 23 heavy (non-hydrogen) atoms. The van der Waals surface area contributed by atoms with Crippen LogP contribution in [0, 0.1) is 11.7 Å². The molecule has 1 fully saturated rings. The van der Waals surface area contributed by atoms with E-state index in [4.69, 9.17) is 4.42 Å². The maximum atomic E-state index is 13.0. The zero-order valence-electron chi connectivity index (χ0n) is 12.0. The normalized spacial score (nSPS) is 19.5. The molecule has 0 aliphatic heterocycles. The standard InChI is InChI=1S/C17H13FN2O2S/c18-11-5-3-10(4-6-11)15-17(23-9-19-15)20-16(21)13-8-12(13)14-2-1-7-22-14/h1-7,9,12-13H,8H2,(H,20,21)/t12-,13+/m1/s1. The van der Waals surface area contributed by atoms with E-state index >= 15 is 0 Å². The summed E-state index contributed by atoms with van der Waals surface area (Å²) in [5.41, 5.74) is 3.12. The number of furan rings is 1. The number of benzene rings is 1. The van der Waals surface area contributed by atoms with E-state index in [1.807, 2.05) is 12.1 Å². The van der Waals surface area contributed by atoms with Crippen LogP contribution in [0.15, 0.2) is 52.6 Å². The minimum atomic E-state index is -0.297. The molecule has 1 N–H and O–H groups in total. The van der Waals surface area contributed by atoms with E-state index in [2.05, 4.69) is 10.3 Å². The highest BCUT2D eigenvalue weighted by Gasteiger charge is 2.46. The summed E-state index contributed by atoms with van der Waals surface area (Å²) < 4.78 is 18.4. The predicted molar refractivity (Wildman–Crippen MR) is 85.7 cm³/mol. The zero-order chi connectivity index (χ0) is 15.8. The molecule has 1 aliphatic rings. The number of anilines is 1. The summed E-state index contributed by atoms with van der Waals surface area (Å²) in [6.07, 6.45) is 2.42. The van der Waals surface area contributed by atoms with Crippen molar-refractivity contribution in [1.82, 2.24) is 4.98 Å². The summed E-state index contributed by atoms with van der Waals surface area (Å²) in [5, 5.41) is 3.63. The molecule has 6 heteroatoms. The molecule has 1 amide bonds. The number of nitrogens with one attached hydrogen (secondary N) is 1. The van der Waals surface area contributed by atoms with Crippen molar-refractivity contribution in [3.8, 4) is 11.3 Å². The van der Waals surface area contributed by atoms with Crippen LogP contribution in [-0.2, 0) is 4.79 Å². The van der Waals surface area contributed by atoms with Crippen molar-refractivity contribution in [3.63, 3.8) is 0 Å². The molecule has 2 aromatic heterocycles. The number of halogens is 1. The molecular formula is C17H13FN2O2S. The van der Waals surface area contributed by atoms with E-state index in [9.17, 15) is 9.18 Å². The number of carbonyl (C=O) groups excluding carboxylic acids is 1. The second-order valence-corrected chi connectivity index (χ2v) is 6.35. The van der Waals surface area contributed by atoms with Crippen molar-refractivity contribution in [2.24, 2.45) is 5.92 Å². The van der Waals surface area contributed by atoms with Crippen molar-refractivity contribution in [2.75, 3.05) is 5.32 Å². The van der Waals surface area contributed by atoms with Crippen molar-refractivity contribution >= 4 is 22.2 Å². The molecule has 2 atom stereocenters. The number of aromatic nitrogens is 1. The predicted octanol–water partition coefficient (Wildman–Crippen LogP) is 4.28. The van der Waals surface area contributed by atoms with Gasteiger partial charge in [-0.2, -0.15) is 0 Å². The Morgan fingerprint density at radius 2 is 2.13 bits per heavy atom. The maximum absolute atomic E-state index is 13.0. The van der Waals surface area contributed by atoms with E-state index in [0.717, 1.165) is 17.7 Å². The highest BCUT2D eigenvalue weighted by Crippen LogP contribution is 2.48. The molecule has 0 spiro atoms. The van der Waals surface area contributed by atoms with Crippen molar-refractivity contribution < 1.29 is 13.6 Å². The van der Waals surface area contributed by atoms with Crippen LogP contribution < -0.4 is 5.32 Å². The molecule has 3 aromatic rings. The van der Waals surface area contributed by atoms with Crippen LogP contribution in [0.5, 0.6) is 0 Å². The first-order chi connectivity index (χ1) is 11.2. The van der Waals surface area contributed by atoms with E-state index in [-0.39, 0.29) is 23.6 Å². The van der Waals surface area contributed by atoms with Gasteiger partial charge in [0.2, 0.25) is 5.91 Å². The third kappa shape index (κ3) is 2.77. The first-order valence-corrected chi connectivity index (χ1v) is 8.14. The summed E-state index contributed by atoms with van der Waals surface area (Å²) in [7, 11) is 0. The Labute approximate surface area is 136 Å². The van der Waals surface area contributed by atoms with Gasteiger partial charge in [0.05, 0.1) is 11.8 Å². The minimum absolute atomic E-state index is 0.0287. The second kappa shape index (κ2) is 5.62. The summed E-state index contributed by atoms with van der Waals surface area (Å²) in [6.45, 7) is 0. The number of carbonyl (C=O) groups is 1. The zero-order valence-corrected chi connectivity index (χ0v) is 12.8. The second-order valence-electron chi connectivity index (χ2n) is 5.49. The Kier molecular flexibility index (Phi) is 3.46. The van der Waals surface area contributed by atoms with Gasteiger partial charge in [0, 0.05) is 17.4 Å². The number of hydrogen-bond acceptors (Lipinski definition) is 4. The Hall–Kier alpha value is -2.47. The van der Waals surface area contributed by atoms with E-state index < -0.39 is 0 Å². The quantitative estimate of drug-likeness (QED) is 0.777. The van der Waals surface area contributed by atoms with Crippen LogP contribution >= 0.6 is 11.3 Å². The molecule has 2 heterocycles. The number of nitrogens with zero attached hydrogens (tertiary/aromatic N) is 1. The number of rotatable bonds is 4. The summed E-state index contributed by atoms with van der Waals surface area (Å²) in [6, 6.07) is 9.81. The van der Waals surface area contributed by atoms with Gasteiger partial charge in [-0.15, -0.1) is 11.3 Å². The van der Waals surface area contributed by atoms with Crippen LogP contribution in [0.2, 0.25) is 0 Å². The van der Waals surface area contributed by atoms with E-state index in [1.165, 1.54) is 23.5 Å². The highest BCUT2D eigenvalue weighted by atomic mass is 32.1. The fourth-order valence-corrected chi connectivity index (χ4v) is 3.36. The largest absolute Gasteiger partial charge is 0.469 e. The number of hydrogen-bond donors (Lipinski definition) is 1. The lowest BCUT2D eigenvalue weighted by Gasteiger charge is -2.05. The summed E-state index contributed by atoms with van der Waals surface area (Å²) in [4.78, 5) is 16.7. The fraction of sp³-hybridized carbons (Fsp3) is 0.176. The Balaban J connectivity index is 1.49. The van der Waals surface area contributed by atoms with Crippen molar-refractivity contribution in [3.05, 3.63) is 59.7 Å². The number of amides is 1. The van der Waals surface area contributed by atoms with Gasteiger partial charge >= 0.3 is 0 Å². The van der Waals surface area contributed by atoms with Crippen LogP contribution in [0.25, 0.3) is 11.3 Å². The fourth-order valence-electron chi connectivity index (χ4n) is 2.65. The van der Waals surface area contributed by atoms with Gasteiger partial charge in [-0.05, 0) is 42.8 Å². The molecule has 1 aromatic carbocycles. The summed E-state index contributed by atoms with van der Waals surface area (Å²) >= 11 is 1.36. The highest BCUT2D eigenvalue weighted by molar-refractivity contribution is 7.14. The average Bonchev–Trinajstić information content (AvgIpc) is 2.97. The molecule has 116 valence electrons. The Bertz CT molecular complexity index is 827. The first kappa shape index (κ1) is 14.1. The summed E-state index contributed by atoms with van der Waals surface area (Å²) in [5.74, 6) is 0.623. The topological polar surface area (TPSA) is 55.1 Å². The molecule has 1 aliphatic carbocycles. The molecule has 0 radical (unpaired) electrons. The van der Waals surface area contributed by atoms with Crippen LogP contribution in [0.4, 0.5) is 9.39 Å². The molecule has 0 saturated heterocycles. The molecule has 4 nitrogen and oxygen atoms in total. The lowest BCUT2D eigenvalue weighted by atomic mass is 10.1. The maximum Gasteiger partial charge on any atom is 0.228 e. The van der Waals surface area contributed by atoms with Gasteiger partial charge in [0.25, 0.3) is 0 Å². The Morgan fingerprint density at radius 3 is 2.87 bits per heavy atom. The van der Waals surface area contributed by atoms with Crippen molar-refractivity contribution in [2.45, 2.75) is 12.3 Å². The number of thiazole rings is 1.